The van der Waals surface area contributed by atoms with Crippen LogP contribution in [0.5, 0.6) is 0 Å². The number of benzene rings is 1. The number of rotatable bonds is 2. The van der Waals surface area contributed by atoms with Crippen LogP contribution in [0.1, 0.15) is 33.6 Å². The van der Waals surface area contributed by atoms with Crippen molar-refractivity contribution in [3.63, 3.8) is 0 Å². The molecule has 98 valence electrons. The minimum atomic E-state index is -1.35. The molecule has 0 radical (unpaired) electrons. The molecule has 1 aromatic rings. The summed E-state index contributed by atoms with van der Waals surface area (Å²) in [7, 11) is 0. The third-order valence-corrected chi connectivity index (χ3v) is 4.16. The van der Waals surface area contributed by atoms with Crippen molar-refractivity contribution in [3.05, 3.63) is 35.4 Å². The zero-order chi connectivity index (χ0) is 13.8. The summed E-state index contributed by atoms with van der Waals surface area (Å²) in [6.07, 6.45) is 0.185. The number of fused-ring (bicyclic) bond motifs is 1. The van der Waals surface area contributed by atoms with Gasteiger partial charge in [0.25, 0.3) is 11.8 Å². The number of aliphatic carboxylic acids is 1. The van der Waals surface area contributed by atoms with E-state index in [1.54, 1.807) is 24.3 Å². The van der Waals surface area contributed by atoms with E-state index in [9.17, 15) is 14.4 Å². The van der Waals surface area contributed by atoms with E-state index in [1.165, 1.54) is 0 Å². The first-order valence-corrected chi connectivity index (χ1v) is 6.21. The predicted octanol–water partition coefficient (Wildman–Crippen LogP) is 1.51. The van der Waals surface area contributed by atoms with E-state index >= 15 is 0 Å². The molecule has 1 N–H and O–H groups in total. The molecule has 0 aromatic heterocycles. The normalized spacial score (nSPS) is 29.1. The number of halogens is 1. The number of hydrogen-bond acceptors (Lipinski definition) is 3. The topological polar surface area (TPSA) is 74.7 Å². The van der Waals surface area contributed by atoms with Crippen molar-refractivity contribution in [2.45, 2.75) is 23.8 Å². The van der Waals surface area contributed by atoms with Crippen molar-refractivity contribution in [1.82, 2.24) is 4.90 Å². The van der Waals surface area contributed by atoms with Gasteiger partial charge in [0.1, 0.15) is 4.87 Å². The average molecular weight is 280 g/mol. The lowest BCUT2D eigenvalue weighted by molar-refractivity contribution is -0.144. The predicted molar refractivity (Wildman–Crippen MR) is 66.2 cm³/mol. The molecule has 0 unspecified atom stereocenters. The van der Waals surface area contributed by atoms with E-state index < -0.39 is 16.9 Å². The van der Waals surface area contributed by atoms with Gasteiger partial charge in [0.2, 0.25) is 0 Å². The van der Waals surface area contributed by atoms with Crippen molar-refractivity contribution in [2.24, 2.45) is 0 Å². The first kappa shape index (κ1) is 12.2. The van der Waals surface area contributed by atoms with Crippen molar-refractivity contribution in [2.75, 3.05) is 0 Å². The molecule has 1 fully saturated rings. The second-order valence-electron chi connectivity index (χ2n) is 4.86. The molecule has 1 aromatic carbocycles. The average Bonchev–Trinajstić information content (AvgIpc) is 2.59. The van der Waals surface area contributed by atoms with E-state index in [1.807, 2.05) is 0 Å². The monoisotopic (exact) mass is 279 g/mol. The standard InChI is InChI=1S/C13H10ClNO4/c14-13(12(18)19)5-7(6-13)15-10(16)8-3-1-2-4-9(8)11(15)17/h1-4,7H,5-6H2,(H,18,19). The number of nitrogens with zero attached hydrogens (tertiary/aromatic N) is 1. The summed E-state index contributed by atoms with van der Waals surface area (Å²) in [6, 6.07) is 6.15. The van der Waals surface area contributed by atoms with Gasteiger partial charge in [0.15, 0.2) is 0 Å². The summed E-state index contributed by atoms with van der Waals surface area (Å²) in [5.41, 5.74) is 0.741. The molecule has 0 spiro atoms. The second kappa shape index (κ2) is 3.81. The number of carbonyl (C=O) groups excluding carboxylic acids is 2. The fraction of sp³-hybridized carbons (Fsp3) is 0.308. The Balaban J connectivity index is 1.85. The zero-order valence-corrected chi connectivity index (χ0v) is 10.6. The van der Waals surface area contributed by atoms with Crippen LogP contribution in [0.3, 0.4) is 0 Å². The van der Waals surface area contributed by atoms with Crippen molar-refractivity contribution in [3.8, 4) is 0 Å². The lowest BCUT2D eigenvalue weighted by Crippen LogP contribution is -2.57. The maximum Gasteiger partial charge on any atom is 0.324 e. The summed E-state index contributed by atoms with van der Waals surface area (Å²) in [5.74, 6) is -1.84. The minimum absolute atomic E-state index is 0.0926. The highest BCUT2D eigenvalue weighted by Crippen LogP contribution is 2.43. The summed E-state index contributed by atoms with van der Waals surface area (Å²) >= 11 is 5.87. The Bertz CT molecular complexity index is 571. The molecule has 0 atom stereocenters. The van der Waals surface area contributed by atoms with Gasteiger partial charge in [-0.25, -0.2) is 0 Å². The van der Waals surface area contributed by atoms with Crippen LogP contribution >= 0.6 is 11.6 Å². The van der Waals surface area contributed by atoms with Gasteiger partial charge in [0, 0.05) is 6.04 Å². The summed E-state index contributed by atoms with van der Waals surface area (Å²) in [6.45, 7) is 0. The third kappa shape index (κ3) is 1.58. The number of imide groups is 1. The van der Waals surface area contributed by atoms with Gasteiger partial charge in [-0.3, -0.25) is 19.3 Å². The van der Waals surface area contributed by atoms with E-state index in [4.69, 9.17) is 16.7 Å². The van der Waals surface area contributed by atoms with E-state index in [0.717, 1.165) is 4.90 Å². The summed E-state index contributed by atoms with van der Waals surface area (Å²) in [5, 5.41) is 8.94. The number of carbonyl (C=O) groups is 3. The van der Waals surface area contributed by atoms with E-state index in [-0.39, 0.29) is 24.7 Å². The molecule has 5 nitrogen and oxygen atoms in total. The molecule has 1 aliphatic heterocycles. The Morgan fingerprint density at radius 1 is 1.21 bits per heavy atom. The molecule has 0 bridgehead atoms. The van der Waals surface area contributed by atoms with Crippen LogP contribution in [-0.4, -0.2) is 38.7 Å². The maximum absolute atomic E-state index is 12.1. The highest BCUT2D eigenvalue weighted by molar-refractivity contribution is 6.34. The molecule has 1 saturated carbocycles. The first-order valence-electron chi connectivity index (χ1n) is 5.83. The van der Waals surface area contributed by atoms with Gasteiger partial charge in [-0.2, -0.15) is 0 Å². The van der Waals surface area contributed by atoms with Gasteiger partial charge in [-0.1, -0.05) is 12.1 Å². The molecule has 2 aliphatic rings. The largest absolute Gasteiger partial charge is 0.480 e. The summed E-state index contributed by atoms with van der Waals surface area (Å²) in [4.78, 5) is 35.0. The molecule has 6 heteroatoms. The molecule has 19 heavy (non-hydrogen) atoms. The molecule has 1 heterocycles. The van der Waals surface area contributed by atoms with Crippen LogP contribution in [-0.2, 0) is 4.79 Å². The van der Waals surface area contributed by atoms with Crippen LogP contribution in [0, 0.1) is 0 Å². The van der Waals surface area contributed by atoms with Crippen LogP contribution in [0.15, 0.2) is 24.3 Å². The fourth-order valence-corrected chi connectivity index (χ4v) is 2.94. The Morgan fingerprint density at radius 2 is 1.68 bits per heavy atom. The lowest BCUT2D eigenvalue weighted by atomic mass is 9.78. The minimum Gasteiger partial charge on any atom is -0.480 e. The van der Waals surface area contributed by atoms with Crippen molar-refractivity contribution in [1.29, 1.82) is 0 Å². The number of carboxylic acids is 1. The molecule has 1 aliphatic carbocycles. The molecular weight excluding hydrogens is 270 g/mol. The Kier molecular flexibility index (Phi) is 2.44. The van der Waals surface area contributed by atoms with Gasteiger partial charge in [0.05, 0.1) is 11.1 Å². The maximum atomic E-state index is 12.1. The highest BCUT2D eigenvalue weighted by atomic mass is 35.5. The highest BCUT2D eigenvalue weighted by Gasteiger charge is 2.55. The van der Waals surface area contributed by atoms with Crippen molar-refractivity contribution >= 4 is 29.4 Å². The number of hydrogen-bond donors (Lipinski definition) is 1. The van der Waals surface area contributed by atoms with Crippen molar-refractivity contribution < 1.29 is 19.5 Å². The second-order valence-corrected chi connectivity index (χ2v) is 5.58. The molecule has 2 amide bonds. The quantitative estimate of drug-likeness (QED) is 0.658. The SMILES string of the molecule is O=C1c2ccccc2C(=O)N1C1CC(Cl)(C(=O)O)C1. The fourth-order valence-electron chi connectivity index (χ4n) is 2.58. The van der Waals surface area contributed by atoms with Gasteiger partial charge < -0.3 is 5.11 Å². The third-order valence-electron chi connectivity index (χ3n) is 3.69. The smallest absolute Gasteiger partial charge is 0.324 e. The first-order chi connectivity index (χ1) is 8.94. The van der Waals surface area contributed by atoms with Gasteiger partial charge in [-0.05, 0) is 25.0 Å². The van der Waals surface area contributed by atoms with E-state index in [2.05, 4.69) is 0 Å². The lowest BCUT2D eigenvalue weighted by Gasteiger charge is -2.43. The number of amides is 2. The Hall–Kier alpha value is -1.88. The van der Waals surface area contributed by atoms with Crippen LogP contribution in [0.4, 0.5) is 0 Å². The van der Waals surface area contributed by atoms with Crippen LogP contribution in [0.25, 0.3) is 0 Å². The van der Waals surface area contributed by atoms with Gasteiger partial charge >= 0.3 is 5.97 Å². The van der Waals surface area contributed by atoms with Crippen LogP contribution < -0.4 is 0 Å². The van der Waals surface area contributed by atoms with E-state index in [0.29, 0.717) is 11.1 Å². The Labute approximate surface area is 113 Å². The Morgan fingerprint density at radius 3 is 2.11 bits per heavy atom. The molecule has 0 saturated heterocycles. The molecule has 3 rings (SSSR count). The summed E-state index contributed by atoms with van der Waals surface area (Å²) < 4.78 is 0. The van der Waals surface area contributed by atoms with Crippen LogP contribution in [0.2, 0.25) is 0 Å². The van der Waals surface area contributed by atoms with Gasteiger partial charge in [-0.15, -0.1) is 11.6 Å². The molecular formula is C13H10ClNO4. The number of carboxylic acid groups (broad SMARTS) is 1. The number of alkyl halides is 1. The zero-order valence-electron chi connectivity index (χ0n) is 9.80.